The predicted octanol–water partition coefficient (Wildman–Crippen LogP) is 3.75. The van der Waals surface area contributed by atoms with Crippen LogP contribution in [0.4, 0.5) is 4.39 Å². The van der Waals surface area contributed by atoms with Gasteiger partial charge in [-0.05, 0) is 35.9 Å². The third kappa shape index (κ3) is 1.80. The number of pyridine rings is 1. The van der Waals surface area contributed by atoms with Crippen LogP contribution in [0, 0.1) is 5.82 Å². The molecular weight excluding hydrogens is 229 g/mol. The second-order valence-electron chi connectivity index (χ2n) is 4.08. The van der Waals surface area contributed by atoms with Crippen molar-refractivity contribution in [2.24, 2.45) is 0 Å². The third-order valence-corrected chi connectivity index (χ3v) is 2.87. The molecule has 18 heavy (non-hydrogen) atoms. The van der Waals surface area contributed by atoms with Crippen LogP contribution in [0.2, 0.25) is 0 Å². The van der Waals surface area contributed by atoms with E-state index in [0.29, 0.717) is 5.56 Å². The van der Waals surface area contributed by atoms with Crippen molar-refractivity contribution < 1.29 is 9.50 Å². The van der Waals surface area contributed by atoms with E-state index < -0.39 is 5.82 Å². The Morgan fingerprint density at radius 3 is 2.72 bits per heavy atom. The highest BCUT2D eigenvalue weighted by molar-refractivity contribution is 5.84. The van der Waals surface area contributed by atoms with Gasteiger partial charge in [-0.25, -0.2) is 4.39 Å². The largest absolute Gasteiger partial charge is 0.508 e. The second kappa shape index (κ2) is 4.11. The molecule has 0 saturated heterocycles. The van der Waals surface area contributed by atoms with Crippen LogP contribution >= 0.6 is 0 Å². The standard InChI is InChI=1S/C15H10FNO/c16-14-9-12(18)4-5-13(14)10-3-6-15-11(8-10)2-1-7-17-15/h1-9,18H. The number of aromatic nitrogens is 1. The van der Waals surface area contributed by atoms with Crippen LogP contribution in [0.5, 0.6) is 5.75 Å². The van der Waals surface area contributed by atoms with Crippen LogP contribution < -0.4 is 0 Å². The van der Waals surface area contributed by atoms with Crippen LogP contribution in [0.1, 0.15) is 0 Å². The van der Waals surface area contributed by atoms with E-state index in [0.717, 1.165) is 22.5 Å². The van der Waals surface area contributed by atoms with E-state index in [9.17, 15) is 9.50 Å². The van der Waals surface area contributed by atoms with E-state index in [-0.39, 0.29) is 5.75 Å². The Kier molecular flexibility index (Phi) is 2.45. The van der Waals surface area contributed by atoms with E-state index in [2.05, 4.69) is 4.98 Å². The van der Waals surface area contributed by atoms with E-state index in [1.807, 2.05) is 30.3 Å². The summed E-state index contributed by atoms with van der Waals surface area (Å²) in [6.45, 7) is 0. The topological polar surface area (TPSA) is 33.1 Å². The molecule has 3 rings (SSSR count). The van der Waals surface area contributed by atoms with Gasteiger partial charge in [0.05, 0.1) is 5.52 Å². The maximum absolute atomic E-state index is 13.8. The minimum atomic E-state index is -0.432. The molecule has 2 nitrogen and oxygen atoms in total. The SMILES string of the molecule is Oc1ccc(-c2ccc3ncccc3c2)c(F)c1. The zero-order valence-electron chi connectivity index (χ0n) is 9.47. The van der Waals surface area contributed by atoms with Gasteiger partial charge in [0.2, 0.25) is 0 Å². The summed E-state index contributed by atoms with van der Waals surface area (Å²) < 4.78 is 13.8. The third-order valence-electron chi connectivity index (χ3n) is 2.87. The maximum Gasteiger partial charge on any atom is 0.134 e. The number of benzene rings is 2. The molecule has 0 unspecified atom stereocenters. The summed E-state index contributed by atoms with van der Waals surface area (Å²) in [5, 5.41) is 10.2. The van der Waals surface area contributed by atoms with Crippen molar-refractivity contribution in [3.8, 4) is 16.9 Å². The van der Waals surface area contributed by atoms with Crippen LogP contribution in [-0.2, 0) is 0 Å². The number of phenolic OH excluding ortho intramolecular Hbond substituents is 1. The number of aromatic hydroxyl groups is 1. The first kappa shape index (κ1) is 10.7. The molecule has 0 aliphatic heterocycles. The molecule has 1 aromatic heterocycles. The van der Waals surface area contributed by atoms with Crippen LogP contribution in [-0.4, -0.2) is 10.1 Å². The van der Waals surface area contributed by atoms with Gasteiger partial charge in [0.15, 0.2) is 0 Å². The van der Waals surface area contributed by atoms with Gasteiger partial charge in [-0.3, -0.25) is 4.98 Å². The van der Waals surface area contributed by atoms with Crippen molar-refractivity contribution in [1.29, 1.82) is 0 Å². The molecule has 0 aliphatic rings. The van der Waals surface area contributed by atoms with Gasteiger partial charge in [0, 0.05) is 23.2 Å². The van der Waals surface area contributed by atoms with Crippen molar-refractivity contribution in [1.82, 2.24) is 4.98 Å². The number of rotatable bonds is 1. The van der Waals surface area contributed by atoms with Gasteiger partial charge >= 0.3 is 0 Å². The second-order valence-corrected chi connectivity index (χ2v) is 4.08. The molecule has 0 saturated carbocycles. The molecule has 0 atom stereocenters. The fourth-order valence-corrected chi connectivity index (χ4v) is 1.98. The number of phenols is 1. The van der Waals surface area contributed by atoms with Crippen LogP contribution in [0.15, 0.2) is 54.7 Å². The average molecular weight is 239 g/mol. The lowest BCUT2D eigenvalue weighted by Gasteiger charge is -2.05. The predicted molar refractivity (Wildman–Crippen MR) is 68.8 cm³/mol. The van der Waals surface area contributed by atoms with Gasteiger partial charge in [0.25, 0.3) is 0 Å². The number of fused-ring (bicyclic) bond motifs is 1. The van der Waals surface area contributed by atoms with E-state index in [1.54, 1.807) is 12.3 Å². The van der Waals surface area contributed by atoms with Gasteiger partial charge in [-0.2, -0.15) is 0 Å². The summed E-state index contributed by atoms with van der Waals surface area (Å²) in [7, 11) is 0. The van der Waals surface area contributed by atoms with E-state index in [1.165, 1.54) is 6.07 Å². The first-order valence-corrected chi connectivity index (χ1v) is 5.58. The normalized spacial score (nSPS) is 10.7. The summed E-state index contributed by atoms with van der Waals surface area (Å²) in [4.78, 5) is 4.22. The van der Waals surface area contributed by atoms with E-state index >= 15 is 0 Å². The number of hydrogen-bond donors (Lipinski definition) is 1. The molecule has 0 fully saturated rings. The summed E-state index contributed by atoms with van der Waals surface area (Å²) in [6, 6.07) is 13.5. The number of hydrogen-bond acceptors (Lipinski definition) is 2. The number of nitrogens with zero attached hydrogens (tertiary/aromatic N) is 1. The molecule has 0 spiro atoms. The Hall–Kier alpha value is -2.42. The quantitative estimate of drug-likeness (QED) is 0.701. The van der Waals surface area contributed by atoms with Gasteiger partial charge in [-0.15, -0.1) is 0 Å². The highest BCUT2D eigenvalue weighted by Crippen LogP contribution is 2.27. The van der Waals surface area contributed by atoms with Crippen molar-refractivity contribution in [3.63, 3.8) is 0 Å². The molecule has 0 radical (unpaired) electrons. The Balaban J connectivity index is 2.19. The Labute approximate surface area is 103 Å². The molecule has 88 valence electrons. The van der Waals surface area contributed by atoms with Crippen molar-refractivity contribution in [3.05, 3.63) is 60.5 Å². The van der Waals surface area contributed by atoms with Gasteiger partial charge < -0.3 is 5.11 Å². The molecule has 2 aromatic carbocycles. The molecule has 0 bridgehead atoms. The summed E-state index contributed by atoms with van der Waals surface area (Å²) in [5.74, 6) is -0.503. The first-order chi connectivity index (χ1) is 8.74. The zero-order valence-corrected chi connectivity index (χ0v) is 9.47. The summed E-state index contributed by atoms with van der Waals surface area (Å²) in [6.07, 6.45) is 1.73. The minimum absolute atomic E-state index is 0.0706. The van der Waals surface area contributed by atoms with Crippen molar-refractivity contribution >= 4 is 10.9 Å². The van der Waals surface area contributed by atoms with Crippen molar-refractivity contribution in [2.45, 2.75) is 0 Å². The smallest absolute Gasteiger partial charge is 0.134 e. The zero-order chi connectivity index (χ0) is 12.5. The molecule has 1 N–H and O–H groups in total. The van der Waals surface area contributed by atoms with Crippen LogP contribution in [0.25, 0.3) is 22.0 Å². The molecule has 0 amide bonds. The lowest BCUT2D eigenvalue weighted by atomic mass is 10.0. The molecular formula is C15H10FNO. The minimum Gasteiger partial charge on any atom is -0.508 e. The highest BCUT2D eigenvalue weighted by atomic mass is 19.1. The average Bonchev–Trinajstić information content (AvgIpc) is 2.38. The van der Waals surface area contributed by atoms with Crippen molar-refractivity contribution in [2.75, 3.05) is 0 Å². The molecule has 3 heteroatoms. The molecule has 0 aliphatic carbocycles. The van der Waals surface area contributed by atoms with E-state index in [4.69, 9.17) is 0 Å². The summed E-state index contributed by atoms with van der Waals surface area (Å²) in [5.41, 5.74) is 2.12. The fourth-order valence-electron chi connectivity index (χ4n) is 1.98. The Morgan fingerprint density at radius 1 is 1.00 bits per heavy atom. The lowest BCUT2D eigenvalue weighted by molar-refractivity contribution is 0.469. The highest BCUT2D eigenvalue weighted by Gasteiger charge is 2.06. The maximum atomic E-state index is 13.8. The van der Waals surface area contributed by atoms with Gasteiger partial charge in [-0.1, -0.05) is 12.1 Å². The first-order valence-electron chi connectivity index (χ1n) is 5.58. The van der Waals surface area contributed by atoms with Crippen LogP contribution in [0.3, 0.4) is 0 Å². The Bertz CT molecular complexity index is 725. The lowest BCUT2D eigenvalue weighted by Crippen LogP contribution is -1.85. The molecule has 1 heterocycles. The number of halogens is 1. The van der Waals surface area contributed by atoms with Gasteiger partial charge in [0.1, 0.15) is 11.6 Å². The monoisotopic (exact) mass is 239 g/mol. The fraction of sp³-hybridized carbons (Fsp3) is 0. The molecule has 3 aromatic rings. The summed E-state index contributed by atoms with van der Waals surface area (Å²) >= 11 is 0. The Morgan fingerprint density at radius 2 is 1.89 bits per heavy atom.